The van der Waals surface area contributed by atoms with Gasteiger partial charge in [0.15, 0.2) is 11.5 Å². The first-order valence-electron chi connectivity index (χ1n) is 10.9. The number of hydrogen-bond donors (Lipinski definition) is 1. The van der Waals surface area contributed by atoms with Crippen LogP contribution in [0.25, 0.3) is 6.08 Å². The van der Waals surface area contributed by atoms with Crippen LogP contribution in [0.1, 0.15) is 44.6 Å². The lowest BCUT2D eigenvalue weighted by molar-refractivity contribution is -0.117. The molecule has 0 aromatic heterocycles. The predicted octanol–water partition coefficient (Wildman–Crippen LogP) is 3.91. The molecule has 1 aromatic rings. The number of methoxy groups -OCH3 is 1. The Morgan fingerprint density at radius 1 is 1.27 bits per heavy atom. The third-order valence-electron chi connectivity index (χ3n) is 6.03. The van der Waals surface area contributed by atoms with Gasteiger partial charge in [-0.2, -0.15) is 0 Å². The first-order valence-corrected chi connectivity index (χ1v) is 11.2. The fourth-order valence-electron chi connectivity index (χ4n) is 4.46. The van der Waals surface area contributed by atoms with Gasteiger partial charge in [-0.3, -0.25) is 9.69 Å². The van der Waals surface area contributed by atoms with Crippen molar-refractivity contribution in [2.24, 2.45) is 0 Å². The SMILES string of the molecule is CCOc1c(Cl)cc(C=CC(=O)NCC2(N3CCOCC3)CCCCC2)cc1OC. The number of nitrogens with zero attached hydrogens (tertiary/aromatic N) is 1. The van der Waals surface area contributed by atoms with Crippen LogP contribution in [0.15, 0.2) is 18.2 Å². The van der Waals surface area contributed by atoms with E-state index in [0.29, 0.717) is 29.7 Å². The van der Waals surface area contributed by atoms with Gasteiger partial charge >= 0.3 is 0 Å². The van der Waals surface area contributed by atoms with Gasteiger partial charge in [0, 0.05) is 31.2 Å². The quantitative estimate of drug-likeness (QED) is 0.626. The van der Waals surface area contributed by atoms with Gasteiger partial charge in [-0.1, -0.05) is 30.9 Å². The van der Waals surface area contributed by atoms with E-state index in [0.717, 1.165) is 44.7 Å². The van der Waals surface area contributed by atoms with E-state index in [-0.39, 0.29) is 11.4 Å². The van der Waals surface area contributed by atoms with Crippen molar-refractivity contribution in [1.82, 2.24) is 10.2 Å². The molecule has 3 rings (SSSR count). The monoisotopic (exact) mass is 436 g/mol. The topological polar surface area (TPSA) is 60.0 Å². The zero-order valence-corrected chi connectivity index (χ0v) is 18.8. The van der Waals surface area contributed by atoms with Gasteiger partial charge in [0.2, 0.25) is 5.91 Å². The molecule has 6 nitrogen and oxygen atoms in total. The Kier molecular flexibility index (Phi) is 8.42. The van der Waals surface area contributed by atoms with E-state index in [1.165, 1.54) is 19.3 Å². The van der Waals surface area contributed by atoms with Crippen LogP contribution in [0.2, 0.25) is 5.02 Å². The molecule has 1 N–H and O–H groups in total. The fourth-order valence-corrected chi connectivity index (χ4v) is 4.73. The molecule has 1 aliphatic heterocycles. The van der Waals surface area contributed by atoms with E-state index in [4.69, 9.17) is 25.8 Å². The van der Waals surface area contributed by atoms with Crippen molar-refractivity contribution < 1.29 is 19.0 Å². The van der Waals surface area contributed by atoms with Crippen LogP contribution >= 0.6 is 11.6 Å². The maximum absolute atomic E-state index is 12.6. The average Bonchev–Trinajstić information content (AvgIpc) is 2.79. The highest BCUT2D eigenvalue weighted by atomic mass is 35.5. The zero-order chi connectivity index (χ0) is 21.4. The van der Waals surface area contributed by atoms with Crippen LogP contribution in [0, 0.1) is 0 Å². The summed E-state index contributed by atoms with van der Waals surface area (Å²) in [4.78, 5) is 15.1. The van der Waals surface area contributed by atoms with Gasteiger partial charge < -0.3 is 19.5 Å². The van der Waals surface area contributed by atoms with Gasteiger partial charge in [-0.15, -0.1) is 0 Å². The van der Waals surface area contributed by atoms with Crippen molar-refractivity contribution in [1.29, 1.82) is 0 Å². The standard InChI is InChI=1S/C23H33ClN2O4/c1-3-30-22-19(24)15-18(16-20(22)28-2)7-8-21(27)25-17-23(9-5-4-6-10-23)26-11-13-29-14-12-26/h7-8,15-16H,3-6,9-14,17H2,1-2H3,(H,25,27). The number of rotatable bonds is 8. The number of hydrogen-bond acceptors (Lipinski definition) is 5. The molecule has 0 radical (unpaired) electrons. The lowest BCUT2D eigenvalue weighted by Crippen LogP contribution is -2.59. The van der Waals surface area contributed by atoms with Crippen molar-refractivity contribution in [3.8, 4) is 11.5 Å². The summed E-state index contributed by atoms with van der Waals surface area (Å²) < 4.78 is 16.4. The summed E-state index contributed by atoms with van der Waals surface area (Å²) in [5, 5.41) is 3.60. The van der Waals surface area contributed by atoms with Gasteiger partial charge in [0.25, 0.3) is 0 Å². The molecule has 1 saturated heterocycles. The number of halogens is 1. The molecule has 0 atom stereocenters. The van der Waals surface area contributed by atoms with Crippen LogP contribution in [-0.2, 0) is 9.53 Å². The summed E-state index contributed by atoms with van der Waals surface area (Å²) in [6.07, 6.45) is 9.27. The second kappa shape index (κ2) is 11.0. The molecule has 1 amide bonds. The number of nitrogens with one attached hydrogen (secondary N) is 1. The van der Waals surface area contributed by atoms with E-state index < -0.39 is 0 Å². The van der Waals surface area contributed by atoms with Crippen molar-refractivity contribution >= 4 is 23.6 Å². The molecule has 166 valence electrons. The largest absolute Gasteiger partial charge is 0.493 e. The summed E-state index contributed by atoms with van der Waals surface area (Å²) in [7, 11) is 1.57. The molecule has 0 unspecified atom stereocenters. The van der Waals surface area contributed by atoms with Crippen LogP contribution in [0.5, 0.6) is 11.5 Å². The molecule has 1 aromatic carbocycles. The molecule has 1 saturated carbocycles. The minimum absolute atomic E-state index is 0.0528. The maximum Gasteiger partial charge on any atom is 0.244 e. The average molecular weight is 437 g/mol. The van der Waals surface area contributed by atoms with Crippen molar-refractivity contribution in [2.75, 3.05) is 46.6 Å². The number of benzene rings is 1. The third kappa shape index (κ3) is 5.68. The number of ether oxygens (including phenoxy) is 3. The maximum atomic E-state index is 12.6. The second-order valence-corrected chi connectivity index (χ2v) is 8.31. The number of carbonyl (C=O) groups is 1. The number of morpholine rings is 1. The summed E-state index contributed by atoms with van der Waals surface area (Å²) in [6.45, 7) is 6.49. The summed E-state index contributed by atoms with van der Waals surface area (Å²) in [5.74, 6) is 0.975. The second-order valence-electron chi connectivity index (χ2n) is 7.90. The Bertz CT molecular complexity index is 741. The number of carbonyl (C=O) groups excluding carboxylic acids is 1. The van der Waals surface area contributed by atoms with Crippen molar-refractivity contribution in [3.05, 3.63) is 28.8 Å². The number of amides is 1. The van der Waals surface area contributed by atoms with E-state index in [2.05, 4.69) is 10.2 Å². The van der Waals surface area contributed by atoms with E-state index in [1.54, 1.807) is 25.3 Å². The Labute approximate surface area is 184 Å². The molecule has 1 heterocycles. The highest BCUT2D eigenvalue weighted by Crippen LogP contribution is 2.37. The highest BCUT2D eigenvalue weighted by Gasteiger charge is 2.38. The minimum Gasteiger partial charge on any atom is -0.493 e. The van der Waals surface area contributed by atoms with Gasteiger partial charge in [0.1, 0.15) is 0 Å². The molecule has 7 heteroatoms. The molecule has 0 spiro atoms. The molecule has 2 fully saturated rings. The highest BCUT2D eigenvalue weighted by molar-refractivity contribution is 6.32. The predicted molar refractivity (Wildman–Crippen MR) is 119 cm³/mol. The van der Waals surface area contributed by atoms with Gasteiger partial charge in [-0.25, -0.2) is 0 Å². The normalized spacial score (nSPS) is 19.6. The summed E-state index contributed by atoms with van der Waals surface area (Å²) >= 11 is 6.32. The van der Waals surface area contributed by atoms with Crippen LogP contribution in [0.3, 0.4) is 0 Å². The first kappa shape index (κ1) is 22.9. The molecule has 30 heavy (non-hydrogen) atoms. The third-order valence-corrected chi connectivity index (χ3v) is 6.31. The van der Waals surface area contributed by atoms with Crippen molar-refractivity contribution in [3.63, 3.8) is 0 Å². The van der Waals surface area contributed by atoms with Crippen LogP contribution in [0.4, 0.5) is 0 Å². The van der Waals surface area contributed by atoms with E-state index in [1.807, 2.05) is 13.0 Å². The van der Waals surface area contributed by atoms with Gasteiger partial charge in [-0.05, 0) is 43.5 Å². The van der Waals surface area contributed by atoms with Crippen molar-refractivity contribution in [2.45, 2.75) is 44.6 Å². The molecular formula is C23H33ClN2O4. The lowest BCUT2D eigenvalue weighted by atomic mass is 9.79. The summed E-state index contributed by atoms with van der Waals surface area (Å²) in [6, 6.07) is 3.59. The molecule has 1 aliphatic carbocycles. The Hall–Kier alpha value is -1.76. The molecular weight excluding hydrogens is 404 g/mol. The first-order chi connectivity index (χ1) is 14.6. The molecule has 2 aliphatic rings. The smallest absolute Gasteiger partial charge is 0.244 e. The minimum atomic E-state index is -0.0998. The fraction of sp³-hybridized carbons (Fsp3) is 0.609. The van der Waals surface area contributed by atoms with Crippen LogP contribution in [-0.4, -0.2) is 62.9 Å². The lowest BCUT2D eigenvalue weighted by Gasteiger charge is -2.48. The van der Waals surface area contributed by atoms with Gasteiger partial charge in [0.05, 0.1) is 32.0 Å². The van der Waals surface area contributed by atoms with Crippen LogP contribution < -0.4 is 14.8 Å². The Balaban J connectivity index is 1.64. The zero-order valence-electron chi connectivity index (χ0n) is 18.0. The Morgan fingerprint density at radius 2 is 2.00 bits per heavy atom. The van der Waals surface area contributed by atoms with E-state index in [9.17, 15) is 4.79 Å². The molecule has 0 bridgehead atoms. The van der Waals surface area contributed by atoms with E-state index >= 15 is 0 Å². The summed E-state index contributed by atoms with van der Waals surface area (Å²) in [5.41, 5.74) is 0.841. The Morgan fingerprint density at radius 3 is 2.67 bits per heavy atom.